The summed E-state index contributed by atoms with van der Waals surface area (Å²) in [6.07, 6.45) is 1.76. The highest BCUT2D eigenvalue weighted by molar-refractivity contribution is 5.95. The standard InChI is InChI=1S/C21H25N5O3/c1-13(2)20-23-19(24-29-20)16-5-6-18(22-12-16)25-7-9-26(10-8-25)21(27)17-11-14(3)28-15(17)4/h5-6,11-13H,7-10H2,1-4H3. The first kappa shape index (κ1) is 19.2. The van der Waals surface area contributed by atoms with E-state index in [4.69, 9.17) is 8.94 Å². The molecule has 0 saturated carbocycles. The second-order valence-corrected chi connectivity index (χ2v) is 7.62. The molecule has 3 aromatic rings. The van der Waals surface area contributed by atoms with Crippen molar-refractivity contribution in [2.24, 2.45) is 0 Å². The van der Waals surface area contributed by atoms with Crippen molar-refractivity contribution in [2.75, 3.05) is 31.1 Å². The number of aromatic nitrogens is 3. The average Bonchev–Trinajstić information content (AvgIpc) is 3.34. The van der Waals surface area contributed by atoms with Gasteiger partial charge < -0.3 is 18.7 Å². The molecule has 0 atom stereocenters. The predicted octanol–water partition coefficient (Wildman–Crippen LogP) is 3.43. The molecular weight excluding hydrogens is 370 g/mol. The molecule has 0 radical (unpaired) electrons. The molecule has 29 heavy (non-hydrogen) atoms. The lowest BCUT2D eigenvalue weighted by molar-refractivity contribution is 0.0744. The van der Waals surface area contributed by atoms with Gasteiger partial charge in [-0.2, -0.15) is 4.98 Å². The third kappa shape index (κ3) is 3.87. The van der Waals surface area contributed by atoms with Crippen LogP contribution in [0.2, 0.25) is 0 Å². The lowest BCUT2D eigenvalue weighted by Crippen LogP contribution is -2.49. The second-order valence-electron chi connectivity index (χ2n) is 7.62. The number of nitrogens with zero attached hydrogens (tertiary/aromatic N) is 5. The Morgan fingerprint density at radius 1 is 1.14 bits per heavy atom. The molecule has 0 aromatic carbocycles. The van der Waals surface area contributed by atoms with Gasteiger partial charge in [0.2, 0.25) is 11.7 Å². The first-order valence-electron chi connectivity index (χ1n) is 9.83. The van der Waals surface area contributed by atoms with Gasteiger partial charge in [-0.15, -0.1) is 0 Å². The van der Waals surface area contributed by atoms with Crippen LogP contribution in [0.15, 0.2) is 33.3 Å². The molecule has 1 aliphatic rings. The van der Waals surface area contributed by atoms with Gasteiger partial charge in [-0.25, -0.2) is 4.98 Å². The second kappa shape index (κ2) is 7.69. The van der Waals surface area contributed by atoms with E-state index in [0.717, 1.165) is 30.2 Å². The van der Waals surface area contributed by atoms with Crippen LogP contribution in [0.3, 0.4) is 0 Å². The Labute approximate surface area is 169 Å². The lowest BCUT2D eigenvalue weighted by atomic mass is 10.2. The van der Waals surface area contributed by atoms with E-state index in [2.05, 4.69) is 20.0 Å². The van der Waals surface area contributed by atoms with Gasteiger partial charge >= 0.3 is 0 Å². The SMILES string of the molecule is Cc1cc(C(=O)N2CCN(c3ccc(-c4noc(C(C)C)n4)cn3)CC2)c(C)o1. The van der Waals surface area contributed by atoms with Gasteiger partial charge in [-0.05, 0) is 32.0 Å². The van der Waals surface area contributed by atoms with Crippen LogP contribution in [-0.2, 0) is 0 Å². The van der Waals surface area contributed by atoms with Crippen LogP contribution in [0.5, 0.6) is 0 Å². The maximum Gasteiger partial charge on any atom is 0.257 e. The number of piperazine rings is 1. The van der Waals surface area contributed by atoms with Gasteiger partial charge in [0, 0.05) is 43.9 Å². The highest BCUT2D eigenvalue weighted by atomic mass is 16.5. The molecule has 4 rings (SSSR count). The van der Waals surface area contributed by atoms with Crippen LogP contribution in [0.4, 0.5) is 5.82 Å². The fourth-order valence-corrected chi connectivity index (χ4v) is 3.44. The number of carbonyl (C=O) groups is 1. The fraction of sp³-hybridized carbons (Fsp3) is 0.429. The zero-order valence-electron chi connectivity index (χ0n) is 17.2. The quantitative estimate of drug-likeness (QED) is 0.669. The van der Waals surface area contributed by atoms with Crippen LogP contribution < -0.4 is 4.90 Å². The van der Waals surface area contributed by atoms with Crippen LogP contribution in [0, 0.1) is 13.8 Å². The van der Waals surface area contributed by atoms with E-state index in [1.807, 2.05) is 50.8 Å². The molecule has 3 aromatic heterocycles. The molecule has 0 bridgehead atoms. The number of hydrogen-bond donors (Lipinski definition) is 0. The summed E-state index contributed by atoms with van der Waals surface area (Å²) in [5.41, 5.74) is 1.48. The van der Waals surface area contributed by atoms with Crippen molar-refractivity contribution in [2.45, 2.75) is 33.6 Å². The first-order valence-corrected chi connectivity index (χ1v) is 9.83. The van der Waals surface area contributed by atoms with Crippen LogP contribution in [0.25, 0.3) is 11.4 Å². The maximum absolute atomic E-state index is 12.7. The number of hydrogen-bond acceptors (Lipinski definition) is 7. The molecule has 0 spiro atoms. The summed E-state index contributed by atoms with van der Waals surface area (Å²) >= 11 is 0. The minimum absolute atomic E-state index is 0.0281. The monoisotopic (exact) mass is 395 g/mol. The predicted molar refractivity (Wildman–Crippen MR) is 108 cm³/mol. The van der Waals surface area contributed by atoms with Gasteiger partial charge in [-0.3, -0.25) is 4.79 Å². The van der Waals surface area contributed by atoms with Crippen molar-refractivity contribution in [3.63, 3.8) is 0 Å². The van der Waals surface area contributed by atoms with Crippen molar-refractivity contribution >= 4 is 11.7 Å². The number of rotatable bonds is 4. The van der Waals surface area contributed by atoms with E-state index in [-0.39, 0.29) is 11.8 Å². The Balaban J connectivity index is 1.39. The van der Waals surface area contributed by atoms with Crippen molar-refractivity contribution in [1.82, 2.24) is 20.0 Å². The fourth-order valence-electron chi connectivity index (χ4n) is 3.44. The normalized spacial score (nSPS) is 14.7. The highest BCUT2D eigenvalue weighted by Gasteiger charge is 2.25. The molecule has 8 nitrogen and oxygen atoms in total. The molecule has 8 heteroatoms. The van der Waals surface area contributed by atoms with Crippen LogP contribution >= 0.6 is 0 Å². The molecule has 0 aliphatic carbocycles. The molecule has 0 unspecified atom stereocenters. The zero-order valence-corrected chi connectivity index (χ0v) is 17.2. The van der Waals surface area contributed by atoms with Crippen LogP contribution in [-0.4, -0.2) is 52.1 Å². The molecule has 1 aliphatic heterocycles. The van der Waals surface area contributed by atoms with E-state index in [0.29, 0.717) is 36.1 Å². The summed E-state index contributed by atoms with van der Waals surface area (Å²) in [7, 11) is 0. The van der Waals surface area contributed by atoms with Gasteiger partial charge in [0.1, 0.15) is 17.3 Å². The van der Waals surface area contributed by atoms with E-state index < -0.39 is 0 Å². The largest absolute Gasteiger partial charge is 0.466 e. The van der Waals surface area contributed by atoms with Crippen molar-refractivity contribution < 1.29 is 13.7 Å². The molecular formula is C21H25N5O3. The van der Waals surface area contributed by atoms with Crippen molar-refractivity contribution in [1.29, 1.82) is 0 Å². The Hall–Kier alpha value is -3.16. The van der Waals surface area contributed by atoms with Gasteiger partial charge in [0.15, 0.2) is 0 Å². The molecule has 1 amide bonds. The Bertz CT molecular complexity index is 998. The Morgan fingerprint density at radius 2 is 1.90 bits per heavy atom. The summed E-state index contributed by atoms with van der Waals surface area (Å²) in [6, 6.07) is 5.72. The summed E-state index contributed by atoms with van der Waals surface area (Å²) in [5.74, 6) is 3.70. The Kier molecular flexibility index (Phi) is 5.08. The van der Waals surface area contributed by atoms with Crippen molar-refractivity contribution in [3.05, 3.63) is 47.4 Å². The van der Waals surface area contributed by atoms with E-state index in [1.54, 1.807) is 6.20 Å². The van der Waals surface area contributed by atoms with Gasteiger partial charge in [-0.1, -0.05) is 19.0 Å². The summed E-state index contributed by atoms with van der Waals surface area (Å²) in [4.78, 5) is 25.8. The third-order valence-corrected chi connectivity index (χ3v) is 5.10. The van der Waals surface area contributed by atoms with E-state index in [1.165, 1.54) is 0 Å². The Morgan fingerprint density at radius 3 is 2.45 bits per heavy atom. The minimum atomic E-state index is 0.0281. The lowest BCUT2D eigenvalue weighted by Gasteiger charge is -2.35. The number of aryl methyl sites for hydroxylation is 2. The van der Waals surface area contributed by atoms with E-state index in [9.17, 15) is 4.79 Å². The number of furan rings is 1. The minimum Gasteiger partial charge on any atom is -0.466 e. The number of carbonyl (C=O) groups excluding carboxylic acids is 1. The number of amides is 1. The topological polar surface area (TPSA) is 88.5 Å². The van der Waals surface area contributed by atoms with Gasteiger partial charge in [0.25, 0.3) is 5.91 Å². The first-order chi connectivity index (χ1) is 13.9. The van der Waals surface area contributed by atoms with Crippen LogP contribution in [0.1, 0.15) is 47.5 Å². The summed E-state index contributed by atoms with van der Waals surface area (Å²) < 4.78 is 10.8. The average molecular weight is 395 g/mol. The molecule has 152 valence electrons. The van der Waals surface area contributed by atoms with Crippen molar-refractivity contribution in [3.8, 4) is 11.4 Å². The third-order valence-electron chi connectivity index (χ3n) is 5.10. The smallest absolute Gasteiger partial charge is 0.257 e. The summed E-state index contributed by atoms with van der Waals surface area (Å²) in [5, 5.41) is 4.03. The van der Waals surface area contributed by atoms with Gasteiger partial charge in [0.05, 0.1) is 5.56 Å². The summed E-state index contributed by atoms with van der Waals surface area (Å²) in [6.45, 7) is 10.5. The highest BCUT2D eigenvalue weighted by Crippen LogP contribution is 2.22. The number of pyridine rings is 1. The molecule has 1 fully saturated rings. The maximum atomic E-state index is 12.7. The molecule has 1 saturated heterocycles. The molecule has 4 heterocycles. The van der Waals surface area contributed by atoms with E-state index >= 15 is 0 Å². The number of anilines is 1. The zero-order chi connectivity index (χ0) is 20.5. The molecule has 0 N–H and O–H groups in total.